The summed E-state index contributed by atoms with van der Waals surface area (Å²) >= 11 is 0. The Morgan fingerprint density at radius 1 is 1.19 bits per heavy atom. The topological polar surface area (TPSA) is 102 Å². The van der Waals surface area contributed by atoms with Crippen LogP contribution in [-0.2, 0) is 21.9 Å². The van der Waals surface area contributed by atoms with Crippen molar-refractivity contribution in [3.8, 4) is 5.75 Å². The molecule has 1 heterocycles. The second-order valence-corrected chi connectivity index (χ2v) is 8.87. The van der Waals surface area contributed by atoms with Gasteiger partial charge in [0, 0.05) is 30.4 Å². The Morgan fingerprint density at radius 2 is 1.91 bits per heavy atom. The highest BCUT2D eigenvalue weighted by Gasteiger charge is 2.24. The molecule has 1 unspecified atom stereocenters. The number of ether oxygens (including phenoxy) is 1. The number of carbonyl (C=O) groups is 1. The average Bonchev–Trinajstić information content (AvgIpc) is 3.21. The van der Waals surface area contributed by atoms with Gasteiger partial charge in [-0.1, -0.05) is 48.0 Å². The summed E-state index contributed by atoms with van der Waals surface area (Å²) in [7, 11) is -0.436. The molecule has 0 radical (unpaired) electrons. The summed E-state index contributed by atoms with van der Waals surface area (Å²) < 4.78 is 34.1. The Morgan fingerprint density at radius 3 is 2.56 bits per heavy atom. The van der Waals surface area contributed by atoms with Crippen molar-refractivity contribution in [3.63, 3.8) is 0 Å². The van der Waals surface area contributed by atoms with Gasteiger partial charge in [0.15, 0.2) is 0 Å². The molecule has 0 spiro atoms. The number of imidazole rings is 1. The fourth-order valence-corrected chi connectivity index (χ4v) is 3.88. The Hall–Kier alpha value is -3.43. The predicted octanol–water partition coefficient (Wildman–Crippen LogP) is 2.53. The lowest BCUT2D eigenvalue weighted by Gasteiger charge is -2.21. The maximum atomic E-state index is 12.7. The molecule has 32 heavy (non-hydrogen) atoms. The van der Waals surface area contributed by atoms with E-state index < -0.39 is 28.5 Å². The molecule has 0 saturated heterocycles. The van der Waals surface area contributed by atoms with Gasteiger partial charge >= 0.3 is 0 Å². The van der Waals surface area contributed by atoms with E-state index in [2.05, 4.69) is 15.0 Å². The van der Waals surface area contributed by atoms with E-state index in [-0.39, 0.29) is 0 Å². The summed E-state index contributed by atoms with van der Waals surface area (Å²) in [5, 5.41) is 3.89. The zero-order valence-electron chi connectivity index (χ0n) is 18.1. The van der Waals surface area contributed by atoms with E-state index in [1.54, 1.807) is 30.1 Å². The third-order valence-corrected chi connectivity index (χ3v) is 5.86. The van der Waals surface area contributed by atoms with Crippen LogP contribution in [0.1, 0.15) is 28.6 Å². The first-order valence-corrected chi connectivity index (χ1v) is 11.5. The Kier molecular flexibility index (Phi) is 7.45. The molecule has 1 aromatic heterocycles. The fraction of sp³-hybridized carbons (Fsp3) is 0.217. The number of nitrogens with zero attached hydrogens (tertiary/aromatic N) is 2. The summed E-state index contributed by atoms with van der Waals surface area (Å²) in [6, 6.07) is 14.1. The van der Waals surface area contributed by atoms with Gasteiger partial charge in [-0.3, -0.25) is 4.79 Å². The predicted molar refractivity (Wildman–Crippen MR) is 123 cm³/mol. The van der Waals surface area contributed by atoms with Crippen molar-refractivity contribution in [2.45, 2.75) is 13.0 Å². The highest BCUT2D eigenvalue weighted by Crippen LogP contribution is 2.28. The van der Waals surface area contributed by atoms with Gasteiger partial charge in [0.1, 0.15) is 17.6 Å². The first kappa shape index (κ1) is 23.2. The summed E-state index contributed by atoms with van der Waals surface area (Å²) in [5.41, 5.74) is 2.54. The summed E-state index contributed by atoms with van der Waals surface area (Å²) in [6.07, 6.45) is 4.87. The van der Waals surface area contributed by atoms with Gasteiger partial charge in [-0.15, -0.1) is 0 Å². The molecule has 0 fully saturated rings. The van der Waals surface area contributed by atoms with E-state index in [0.29, 0.717) is 17.1 Å². The number of aryl methyl sites for hydroxylation is 2. The van der Waals surface area contributed by atoms with Gasteiger partial charge in [-0.2, -0.15) is 0 Å². The molecular weight excluding hydrogens is 428 g/mol. The number of sulfonamides is 1. The van der Waals surface area contributed by atoms with Crippen LogP contribution in [0.4, 0.5) is 0 Å². The molecule has 0 bridgehead atoms. The van der Waals surface area contributed by atoms with Crippen molar-refractivity contribution in [1.29, 1.82) is 0 Å². The van der Waals surface area contributed by atoms with Crippen molar-refractivity contribution in [3.05, 3.63) is 88.8 Å². The van der Waals surface area contributed by atoms with Crippen LogP contribution in [0.3, 0.4) is 0 Å². The lowest BCUT2D eigenvalue weighted by atomic mass is 10.0. The maximum absolute atomic E-state index is 12.7. The molecule has 0 aliphatic carbocycles. The van der Waals surface area contributed by atoms with E-state index in [1.807, 2.05) is 56.4 Å². The van der Waals surface area contributed by atoms with Crippen LogP contribution in [0.15, 0.2) is 66.3 Å². The van der Waals surface area contributed by atoms with E-state index in [1.165, 1.54) is 6.08 Å². The van der Waals surface area contributed by atoms with Crippen LogP contribution < -0.4 is 14.8 Å². The van der Waals surface area contributed by atoms with Crippen LogP contribution in [0.2, 0.25) is 0 Å². The third kappa shape index (κ3) is 6.05. The smallest absolute Gasteiger partial charge is 0.235 e. The number of carbonyl (C=O) groups excluding carboxylic acids is 1. The van der Waals surface area contributed by atoms with Crippen molar-refractivity contribution < 1.29 is 17.9 Å². The molecule has 0 aliphatic rings. The zero-order chi connectivity index (χ0) is 23.1. The van der Waals surface area contributed by atoms with Crippen molar-refractivity contribution in [2.75, 3.05) is 13.7 Å². The van der Waals surface area contributed by atoms with Crippen molar-refractivity contribution in [2.24, 2.45) is 7.05 Å². The second kappa shape index (κ2) is 10.3. The standard InChI is InChI=1S/C23H26N4O4S/c1-17-8-10-18(11-9-17)12-15-32(29,30)25-16-21(28)26-22(23-24-13-14-27(23)2)19-6-4-5-7-20(19)31-3/h4-15,22,25H,16H2,1-3H3,(H,26,28)/b15-12+. The number of hydrogen-bond acceptors (Lipinski definition) is 5. The molecule has 9 heteroatoms. The number of para-hydroxylation sites is 1. The second-order valence-electron chi connectivity index (χ2n) is 7.22. The van der Waals surface area contributed by atoms with E-state index >= 15 is 0 Å². The third-order valence-electron chi connectivity index (χ3n) is 4.82. The Labute approximate surface area is 188 Å². The van der Waals surface area contributed by atoms with Crippen LogP contribution in [0.25, 0.3) is 6.08 Å². The molecule has 8 nitrogen and oxygen atoms in total. The average molecular weight is 455 g/mol. The lowest BCUT2D eigenvalue weighted by Crippen LogP contribution is -2.39. The summed E-state index contributed by atoms with van der Waals surface area (Å²) in [5.74, 6) is 0.670. The lowest BCUT2D eigenvalue weighted by molar-refractivity contribution is -0.120. The van der Waals surface area contributed by atoms with Crippen molar-refractivity contribution >= 4 is 22.0 Å². The maximum Gasteiger partial charge on any atom is 0.235 e. The van der Waals surface area contributed by atoms with Crippen LogP contribution >= 0.6 is 0 Å². The van der Waals surface area contributed by atoms with Crippen LogP contribution in [0, 0.1) is 6.92 Å². The van der Waals surface area contributed by atoms with E-state index in [9.17, 15) is 13.2 Å². The zero-order valence-corrected chi connectivity index (χ0v) is 19.0. The fourth-order valence-electron chi connectivity index (χ4n) is 3.11. The highest BCUT2D eigenvalue weighted by atomic mass is 32.2. The number of benzene rings is 2. The summed E-state index contributed by atoms with van der Waals surface area (Å²) in [6.45, 7) is 1.53. The largest absolute Gasteiger partial charge is 0.496 e. The number of methoxy groups -OCH3 is 1. The van der Waals surface area contributed by atoms with Crippen LogP contribution in [0.5, 0.6) is 5.75 Å². The first-order chi connectivity index (χ1) is 15.3. The number of hydrogen-bond donors (Lipinski definition) is 2. The molecule has 1 amide bonds. The molecule has 0 aliphatic heterocycles. The molecule has 2 aromatic carbocycles. The van der Waals surface area contributed by atoms with Gasteiger partial charge in [-0.05, 0) is 24.6 Å². The van der Waals surface area contributed by atoms with Gasteiger partial charge in [0.05, 0.1) is 13.7 Å². The normalized spacial score (nSPS) is 12.6. The minimum Gasteiger partial charge on any atom is -0.496 e. The number of rotatable bonds is 9. The number of aromatic nitrogens is 2. The summed E-state index contributed by atoms with van der Waals surface area (Å²) in [4.78, 5) is 17.0. The number of nitrogens with one attached hydrogen (secondary N) is 2. The minimum absolute atomic E-state index is 0.420. The number of amides is 1. The van der Waals surface area contributed by atoms with E-state index in [0.717, 1.165) is 16.5 Å². The SMILES string of the molecule is COc1ccccc1C(NC(=O)CNS(=O)(=O)/C=C/c1ccc(C)cc1)c1nccn1C. The molecule has 0 saturated carbocycles. The molecule has 1 atom stereocenters. The van der Waals surface area contributed by atoms with Gasteiger partial charge in [0.25, 0.3) is 0 Å². The quantitative estimate of drug-likeness (QED) is 0.517. The Balaban J connectivity index is 1.71. The molecule has 3 rings (SSSR count). The molecule has 3 aromatic rings. The molecular formula is C23H26N4O4S. The molecule has 2 N–H and O–H groups in total. The van der Waals surface area contributed by atoms with Crippen molar-refractivity contribution in [1.82, 2.24) is 19.6 Å². The van der Waals surface area contributed by atoms with Gasteiger partial charge < -0.3 is 14.6 Å². The highest BCUT2D eigenvalue weighted by molar-refractivity contribution is 7.92. The van der Waals surface area contributed by atoms with E-state index in [4.69, 9.17) is 4.74 Å². The monoisotopic (exact) mass is 454 g/mol. The van der Waals surface area contributed by atoms with Crippen LogP contribution in [-0.4, -0.2) is 37.5 Å². The first-order valence-electron chi connectivity index (χ1n) is 9.93. The van der Waals surface area contributed by atoms with Gasteiger partial charge in [0.2, 0.25) is 15.9 Å². The Bertz CT molecular complexity index is 1200. The molecule has 168 valence electrons. The van der Waals surface area contributed by atoms with Gasteiger partial charge in [-0.25, -0.2) is 18.1 Å². The minimum atomic E-state index is -3.80.